The fourth-order valence-corrected chi connectivity index (χ4v) is 4.84. The average molecular weight is 422 g/mol. The number of esters is 1. The Kier molecular flexibility index (Phi) is 6.12. The molecule has 1 aliphatic rings. The number of nitrogens with zero attached hydrogens (tertiary/aromatic N) is 1. The minimum absolute atomic E-state index is 0.0503. The van der Waals surface area contributed by atoms with Crippen molar-refractivity contribution in [2.24, 2.45) is 0 Å². The molecular weight excluding hydrogens is 398 g/mol. The second-order valence-corrected chi connectivity index (χ2v) is 9.74. The molecule has 2 aromatic rings. The van der Waals surface area contributed by atoms with E-state index in [0.29, 0.717) is 23.6 Å². The second-order valence-electron chi connectivity index (χ2n) is 7.07. The van der Waals surface area contributed by atoms with Crippen molar-refractivity contribution in [1.29, 1.82) is 0 Å². The minimum Gasteiger partial charge on any atom is -0.424 e. The summed E-state index contributed by atoms with van der Waals surface area (Å²) >= 11 is 6.21. The highest BCUT2D eigenvalue weighted by atomic mass is 35.5. The number of ether oxygens (including phenoxy) is 1. The van der Waals surface area contributed by atoms with Crippen molar-refractivity contribution in [1.82, 2.24) is 4.31 Å². The summed E-state index contributed by atoms with van der Waals surface area (Å²) in [5.41, 5.74) is 0.857. The molecule has 1 saturated heterocycles. The fraction of sp³-hybridized carbons (Fsp3) is 0.381. The maximum Gasteiger partial charge on any atom is 0.322 e. The highest BCUT2D eigenvalue weighted by Crippen LogP contribution is 2.39. The van der Waals surface area contributed by atoms with Crippen LogP contribution in [0.25, 0.3) is 0 Å². The zero-order valence-corrected chi connectivity index (χ0v) is 17.6. The van der Waals surface area contributed by atoms with E-state index < -0.39 is 21.4 Å². The van der Waals surface area contributed by atoms with Gasteiger partial charge in [-0.15, -0.1) is 0 Å². The van der Waals surface area contributed by atoms with Gasteiger partial charge in [-0.25, -0.2) is 12.7 Å². The van der Waals surface area contributed by atoms with Crippen molar-refractivity contribution < 1.29 is 17.9 Å². The van der Waals surface area contributed by atoms with Crippen LogP contribution in [-0.2, 0) is 20.2 Å². The van der Waals surface area contributed by atoms with Crippen molar-refractivity contribution in [3.05, 3.63) is 64.7 Å². The Morgan fingerprint density at radius 3 is 2.39 bits per heavy atom. The summed E-state index contributed by atoms with van der Waals surface area (Å²) < 4.78 is 31.7. The van der Waals surface area contributed by atoms with Crippen molar-refractivity contribution in [2.45, 2.75) is 32.1 Å². The van der Waals surface area contributed by atoms with Gasteiger partial charge in [0.05, 0.1) is 16.2 Å². The number of halogens is 1. The number of hydrogen-bond acceptors (Lipinski definition) is 4. The van der Waals surface area contributed by atoms with Crippen LogP contribution in [0.5, 0.6) is 5.75 Å². The Labute approximate surface area is 171 Å². The molecule has 0 N–H and O–H groups in total. The summed E-state index contributed by atoms with van der Waals surface area (Å²) in [4.78, 5) is 13.3. The van der Waals surface area contributed by atoms with Crippen molar-refractivity contribution in [2.75, 3.05) is 18.8 Å². The molecule has 1 aliphatic heterocycles. The summed E-state index contributed by atoms with van der Waals surface area (Å²) in [7, 11) is -3.29. The van der Waals surface area contributed by atoms with Gasteiger partial charge in [0.2, 0.25) is 10.0 Å². The van der Waals surface area contributed by atoms with Crippen LogP contribution in [0.2, 0.25) is 5.02 Å². The lowest BCUT2D eigenvalue weighted by Crippen LogP contribution is -2.50. The number of sulfonamides is 1. The van der Waals surface area contributed by atoms with Crippen LogP contribution < -0.4 is 4.74 Å². The van der Waals surface area contributed by atoms with E-state index in [-0.39, 0.29) is 18.8 Å². The molecule has 0 aromatic heterocycles. The van der Waals surface area contributed by atoms with Gasteiger partial charge in [-0.3, -0.25) is 4.79 Å². The molecule has 28 heavy (non-hydrogen) atoms. The first kappa shape index (κ1) is 20.8. The molecule has 0 unspecified atom stereocenters. The van der Waals surface area contributed by atoms with E-state index in [4.69, 9.17) is 16.3 Å². The number of carbonyl (C=O) groups is 1. The first-order chi connectivity index (χ1) is 13.3. The van der Waals surface area contributed by atoms with Crippen molar-refractivity contribution in [3.63, 3.8) is 0 Å². The molecule has 5 nitrogen and oxygen atoms in total. The number of hydrogen-bond donors (Lipinski definition) is 0. The number of carbonyl (C=O) groups excluding carboxylic acids is 1. The predicted molar refractivity (Wildman–Crippen MR) is 110 cm³/mol. The zero-order valence-electron chi connectivity index (χ0n) is 16.0. The molecule has 1 fully saturated rings. The lowest BCUT2D eigenvalue weighted by Gasteiger charge is -2.39. The maximum atomic E-state index is 13.3. The quantitative estimate of drug-likeness (QED) is 0.542. The standard InChI is InChI=1S/C21H24ClNO4S/c1-3-28(25,26)23-13-11-21(12-14-23,17-7-5-4-6-8-17)20(24)27-19-15-16(2)9-10-18(19)22/h4-10,15H,3,11-14H2,1-2H3. The van der Waals surface area contributed by atoms with Crippen molar-refractivity contribution in [3.8, 4) is 5.75 Å². The van der Waals surface area contributed by atoms with Crippen LogP contribution in [0, 0.1) is 6.92 Å². The van der Waals surface area contributed by atoms with E-state index in [2.05, 4.69) is 0 Å². The second kappa shape index (κ2) is 8.23. The summed E-state index contributed by atoms with van der Waals surface area (Å²) in [6, 6.07) is 14.7. The van der Waals surface area contributed by atoms with Gasteiger partial charge in [-0.05, 0) is 49.9 Å². The molecule has 1 heterocycles. The molecule has 2 aromatic carbocycles. The Morgan fingerprint density at radius 2 is 1.79 bits per heavy atom. The predicted octanol–water partition coefficient (Wildman–Crippen LogP) is 3.94. The SMILES string of the molecule is CCS(=O)(=O)N1CCC(C(=O)Oc2cc(C)ccc2Cl)(c2ccccc2)CC1. The van der Waals surface area contributed by atoms with Crippen LogP contribution in [0.3, 0.4) is 0 Å². The van der Waals surface area contributed by atoms with Crippen LogP contribution >= 0.6 is 11.6 Å². The molecule has 3 rings (SSSR count). The first-order valence-electron chi connectivity index (χ1n) is 9.30. The Morgan fingerprint density at radius 1 is 1.14 bits per heavy atom. The molecule has 0 spiro atoms. The molecule has 150 valence electrons. The maximum absolute atomic E-state index is 13.3. The summed E-state index contributed by atoms with van der Waals surface area (Å²) in [6.45, 7) is 4.08. The Balaban J connectivity index is 1.93. The lowest BCUT2D eigenvalue weighted by molar-refractivity contribution is -0.142. The van der Waals surface area contributed by atoms with Crippen LogP contribution in [0.1, 0.15) is 30.9 Å². The van der Waals surface area contributed by atoms with E-state index in [1.54, 1.807) is 19.1 Å². The third kappa shape index (κ3) is 4.09. The van der Waals surface area contributed by atoms with Gasteiger partial charge in [0.1, 0.15) is 5.75 Å². The molecule has 0 saturated carbocycles. The molecular formula is C21H24ClNO4S. The highest BCUT2D eigenvalue weighted by Gasteiger charge is 2.46. The summed E-state index contributed by atoms with van der Waals surface area (Å²) in [6.07, 6.45) is 0.719. The number of aryl methyl sites for hydroxylation is 1. The van der Waals surface area contributed by atoms with Gasteiger partial charge in [-0.1, -0.05) is 48.0 Å². The first-order valence-corrected chi connectivity index (χ1v) is 11.3. The third-order valence-corrected chi connectivity index (χ3v) is 7.53. The molecule has 7 heteroatoms. The molecule has 0 amide bonds. The van der Waals surface area contributed by atoms with Gasteiger partial charge in [-0.2, -0.15) is 0 Å². The number of benzene rings is 2. The Bertz CT molecular complexity index is 952. The Hall–Kier alpha value is -1.89. The third-order valence-electron chi connectivity index (χ3n) is 5.34. The van der Waals surface area contributed by atoms with E-state index in [0.717, 1.165) is 11.1 Å². The number of piperidine rings is 1. The summed E-state index contributed by atoms with van der Waals surface area (Å²) in [5, 5.41) is 0.369. The minimum atomic E-state index is -3.29. The smallest absolute Gasteiger partial charge is 0.322 e. The van der Waals surface area contributed by atoms with E-state index in [1.165, 1.54) is 4.31 Å². The van der Waals surface area contributed by atoms with Gasteiger partial charge in [0.25, 0.3) is 0 Å². The normalized spacial score (nSPS) is 17.2. The van der Waals surface area contributed by atoms with Crippen LogP contribution in [-0.4, -0.2) is 37.5 Å². The largest absolute Gasteiger partial charge is 0.424 e. The highest BCUT2D eigenvalue weighted by molar-refractivity contribution is 7.89. The van der Waals surface area contributed by atoms with E-state index in [1.807, 2.05) is 43.3 Å². The molecule has 0 bridgehead atoms. The average Bonchev–Trinajstić information content (AvgIpc) is 2.71. The van der Waals surface area contributed by atoms with E-state index in [9.17, 15) is 13.2 Å². The van der Waals surface area contributed by atoms with Gasteiger partial charge >= 0.3 is 5.97 Å². The van der Waals surface area contributed by atoms with Crippen molar-refractivity contribution >= 4 is 27.6 Å². The van der Waals surface area contributed by atoms with Crippen LogP contribution in [0.15, 0.2) is 48.5 Å². The van der Waals surface area contributed by atoms with E-state index >= 15 is 0 Å². The zero-order chi connectivity index (χ0) is 20.4. The molecule has 0 radical (unpaired) electrons. The van der Waals surface area contributed by atoms with Crippen LogP contribution in [0.4, 0.5) is 0 Å². The van der Waals surface area contributed by atoms with Gasteiger partial charge in [0.15, 0.2) is 0 Å². The molecule has 0 atom stereocenters. The lowest BCUT2D eigenvalue weighted by atomic mass is 9.73. The fourth-order valence-electron chi connectivity index (χ4n) is 3.58. The summed E-state index contributed by atoms with van der Waals surface area (Å²) in [5.74, 6) is -0.0281. The van der Waals surface area contributed by atoms with Gasteiger partial charge in [0, 0.05) is 13.1 Å². The van der Waals surface area contributed by atoms with Gasteiger partial charge < -0.3 is 4.74 Å². The molecule has 0 aliphatic carbocycles. The monoisotopic (exact) mass is 421 g/mol. The topological polar surface area (TPSA) is 63.7 Å². The number of rotatable bonds is 5.